The van der Waals surface area contributed by atoms with Crippen LogP contribution < -0.4 is 20.6 Å². The first kappa shape index (κ1) is 25.0. The van der Waals surface area contributed by atoms with E-state index in [0.717, 1.165) is 30.2 Å². The second-order valence-corrected chi connectivity index (χ2v) is 14.4. The van der Waals surface area contributed by atoms with E-state index in [1.54, 1.807) is 0 Å². The van der Waals surface area contributed by atoms with Crippen molar-refractivity contribution in [1.82, 2.24) is 4.98 Å². The molecule has 0 fully saturated rings. The Labute approximate surface area is 270 Å². The van der Waals surface area contributed by atoms with E-state index < -0.39 is 0 Å². The largest absolute Gasteiger partial charge is 0.453 e. The van der Waals surface area contributed by atoms with Gasteiger partial charge >= 0.3 is 0 Å². The smallest absolute Gasteiger partial charge is 0.198 e. The Morgan fingerprint density at radius 2 is 1.48 bits per heavy atom. The molecule has 5 heteroatoms. The van der Waals surface area contributed by atoms with E-state index in [1.807, 2.05) is 11.3 Å². The monoisotopic (exact) mass is 606 g/mol. The van der Waals surface area contributed by atoms with Crippen molar-refractivity contribution in [1.29, 1.82) is 0 Å². The molecule has 216 valence electrons. The van der Waals surface area contributed by atoms with Crippen LogP contribution in [0.3, 0.4) is 0 Å². The number of hydrogen-bond acceptors (Lipinski definition) is 3. The number of ether oxygens (including phenoxy) is 1. The van der Waals surface area contributed by atoms with Crippen LogP contribution in [0, 0.1) is 0 Å². The number of thiophene rings is 1. The van der Waals surface area contributed by atoms with Crippen LogP contribution in [0.4, 0.5) is 17.1 Å². The highest BCUT2D eigenvalue weighted by molar-refractivity contribution is 7.25. The number of nitrogens with one attached hydrogen (secondary N) is 1. The summed E-state index contributed by atoms with van der Waals surface area (Å²) in [5.74, 6) is 1.81. The molecule has 46 heavy (non-hydrogen) atoms. The summed E-state index contributed by atoms with van der Waals surface area (Å²) in [6.45, 7) is 4.82. The lowest BCUT2D eigenvalue weighted by Gasteiger charge is -2.40. The molecule has 3 aliphatic rings. The molecule has 6 aromatic carbocycles. The predicted molar refractivity (Wildman–Crippen MR) is 195 cm³/mol. The lowest BCUT2D eigenvalue weighted by molar-refractivity contribution is 0.477. The van der Waals surface area contributed by atoms with Crippen LogP contribution >= 0.6 is 11.3 Å². The molecule has 11 rings (SSSR count). The summed E-state index contributed by atoms with van der Waals surface area (Å²) in [6, 6.07) is 42.2. The van der Waals surface area contributed by atoms with Gasteiger partial charge in [-0.3, -0.25) is 0 Å². The Balaban J connectivity index is 1.30. The molecule has 0 amide bonds. The summed E-state index contributed by atoms with van der Waals surface area (Å²) in [5, 5.41) is 3.95. The van der Waals surface area contributed by atoms with Gasteiger partial charge in [0.2, 0.25) is 0 Å². The van der Waals surface area contributed by atoms with Crippen molar-refractivity contribution in [3.05, 3.63) is 126 Å². The van der Waals surface area contributed by atoms with Gasteiger partial charge in [-0.15, -0.1) is 11.3 Å². The first-order chi connectivity index (χ1) is 22.6. The van der Waals surface area contributed by atoms with Crippen LogP contribution in [0.5, 0.6) is 11.5 Å². The molecule has 0 radical (unpaired) electrons. The van der Waals surface area contributed by atoms with E-state index in [-0.39, 0.29) is 5.41 Å². The molecule has 0 unspecified atom stereocenters. The first-order valence-corrected chi connectivity index (χ1v) is 16.8. The topological polar surface area (TPSA) is 28.3 Å². The molecule has 2 aliphatic heterocycles. The number of aromatic nitrogens is 1. The normalized spacial score (nSPS) is 14.8. The third kappa shape index (κ3) is 3.00. The van der Waals surface area contributed by atoms with Gasteiger partial charge < -0.3 is 14.6 Å². The molecule has 3 nitrogen and oxygen atoms in total. The molecule has 1 N–H and O–H groups in total. The summed E-state index contributed by atoms with van der Waals surface area (Å²) in [6.07, 6.45) is 0. The zero-order valence-electron chi connectivity index (χ0n) is 25.4. The van der Waals surface area contributed by atoms with Crippen molar-refractivity contribution in [2.75, 3.05) is 4.90 Å². The molecule has 4 heterocycles. The Morgan fingerprint density at radius 1 is 0.717 bits per heavy atom. The van der Waals surface area contributed by atoms with Crippen LogP contribution in [0.15, 0.2) is 115 Å². The van der Waals surface area contributed by atoms with E-state index in [1.165, 1.54) is 81.2 Å². The summed E-state index contributed by atoms with van der Waals surface area (Å²) in [5.41, 5.74) is 15.3. The van der Waals surface area contributed by atoms with Gasteiger partial charge in [-0.25, -0.2) is 0 Å². The molecule has 8 aromatic rings. The summed E-state index contributed by atoms with van der Waals surface area (Å²) >= 11 is 1.85. The maximum Gasteiger partial charge on any atom is 0.198 e. The summed E-state index contributed by atoms with van der Waals surface area (Å²) in [4.78, 5) is 7.66. The highest BCUT2D eigenvalue weighted by Crippen LogP contribution is 2.57. The number of H-pyrrole nitrogens is 1. The van der Waals surface area contributed by atoms with Crippen molar-refractivity contribution in [2.24, 2.45) is 0 Å². The van der Waals surface area contributed by atoms with E-state index in [2.05, 4.69) is 139 Å². The average Bonchev–Trinajstić information content (AvgIpc) is 3.70. The van der Waals surface area contributed by atoms with E-state index >= 15 is 0 Å². The highest BCUT2D eigenvalue weighted by Gasteiger charge is 2.43. The molecule has 0 saturated heterocycles. The molecule has 0 atom stereocenters. The maximum atomic E-state index is 6.51. The minimum Gasteiger partial charge on any atom is -0.453 e. The lowest BCUT2D eigenvalue weighted by Crippen LogP contribution is -2.43. The Bertz CT molecular complexity index is 2640. The van der Waals surface area contributed by atoms with Gasteiger partial charge in [-0.2, -0.15) is 0 Å². The zero-order chi connectivity index (χ0) is 30.3. The van der Waals surface area contributed by atoms with Crippen molar-refractivity contribution in [3.8, 4) is 33.8 Å². The van der Waals surface area contributed by atoms with Gasteiger partial charge in [0.05, 0.1) is 16.9 Å². The van der Waals surface area contributed by atoms with Gasteiger partial charge in [-0.05, 0) is 63.6 Å². The predicted octanol–water partition coefficient (Wildman–Crippen LogP) is 9.79. The second kappa shape index (κ2) is 8.51. The van der Waals surface area contributed by atoms with Crippen LogP contribution in [-0.4, -0.2) is 12.3 Å². The van der Waals surface area contributed by atoms with Crippen molar-refractivity contribution < 1.29 is 4.74 Å². The fraction of sp³-hybridized carbons (Fsp3) is 0.0732. The van der Waals surface area contributed by atoms with E-state index in [4.69, 9.17) is 4.74 Å². The van der Waals surface area contributed by atoms with Crippen LogP contribution in [-0.2, 0) is 5.41 Å². The number of rotatable bonds is 1. The van der Waals surface area contributed by atoms with Gasteiger partial charge in [0.25, 0.3) is 0 Å². The Hall–Kier alpha value is -5.26. The van der Waals surface area contributed by atoms with Crippen molar-refractivity contribution in [2.45, 2.75) is 19.3 Å². The second-order valence-electron chi connectivity index (χ2n) is 13.3. The van der Waals surface area contributed by atoms with E-state index in [0.29, 0.717) is 0 Å². The minimum absolute atomic E-state index is 0.167. The van der Waals surface area contributed by atoms with Gasteiger partial charge in [0.15, 0.2) is 18.8 Å². The molecule has 1 aliphatic carbocycles. The number of aromatic amines is 1. The number of benzene rings is 6. The summed E-state index contributed by atoms with van der Waals surface area (Å²) < 4.78 is 7.83. The molecule has 0 bridgehead atoms. The van der Waals surface area contributed by atoms with Gasteiger partial charge in [-0.1, -0.05) is 104 Å². The number of fused-ring (bicyclic) bond motifs is 12. The SMILES string of the molecule is CC1(C)c2ccccc2-c2cc3c(c(-c4cccc5c4[nH]c4sc6ccccc6c45)c21)Bc1cccc2c1N3c1ccccc1O2. The number of anilines is 3. The zero-order valence-corrected chi connectivity index (χ0v) is 26.3. The molecule has 0 spiro atoms. The van der Waals surface area contributed by atoms with Crippen molar-refractivity contribution in [3.63, 3.8) is 0 Å². The Morgan fingerprint density at radius 3 is 2.43 bits per heavy atom. The first-order valence-electron chi connectivity index (χ1n) is 16.0. The molecular weight excluding hydrogens is 579 g/mol. The third-order valence-corrected chi connectivity index (χ3v) is 11.7. The minimum atomic E-state index is -0.167. The third-order valence-electron chi connectivity index (χ3n) is 10.6. The molecular formula is C41H27BN2OS. The Kier molecular flexibility index (Phi) is 4.62. The fourth-order valence-electron chi connectivity index (χ4n) is 8.72. The van der Waals surface area contributed by atoms with Crippen LogP contribution in [0.2, 0.25) is 0 Å². The maximum absolute atomic E-state index is 6.51. The summed E-state index contributed by atoms with van der Waals surface area (Å²) in [7, 11) is 0.837. The van der Waals surface area contributed by atoms with Gasteiger partial charge in [0, 0.05) is 37.5 Å². The number of hydrogen-bond donors (Lipinski definition) is 1. The number of para-hydroxylation sites is 4. The lowest BCUT2D eigenvalue weighted by atomic mass is 9.56. The fourth-order valence-corrected chi connectivity index (χ4v) is 9.84. The van der Waals surface area contributed by atoms with Crippen LogP contribution in [0.1, 0.15) is 25.0 Å². The average molecular weight is 607 g/mol. The van der Waals surface area contributed by atoms with Gasteiger partial charge in [0.1, 0.15) is 4.83 Å². The standard InChI is InChI=1S/C41H27BN2OS/c1-41(2)27-15-5-3-11-22(27)26-21-30-37(42-28-16-10-19-32-39(28)44(30)29-17-6-7-18-31(29)45-32)35(36(26)41)25-14-9-13-24-34-23-12-4-8-20-33(23)46-40(34)43-38(24)25/h3-21,42-43H,1-2H3. The van der Waals surface area contributed by atoms with Crippen molar-refractivity contribution >= 4 is 77.8 Å². The van der Waals surface area contributed by atoms with Crippen LogP contribution in [0.25, 0.3) is 53.5 Å². The van der Waals surface area contributed by atoms with E-state index in [9.17, 15) is 0 Å². The highest BCUT2D eigenvalue weighted by atomic mass is 32.1. The molecule has 2 aromatic heterocycles. The quantitative estimate of drug-likeness (QED) is 0.189. The number of nitrogens with zero attached hydrogens (tertiary/aromatic N) is 1. The molecule has 0 saturated carbocycles.